The summed E-state index contributed by atoms with van der Waals surface area (Å²) in [5.74, 6) is 0.558. The molecule has 0 saturated carbocycles. The maximum Gasteiger partial charge on any atom is 0.311 e. The minimum Gasteiger partial charge on any atom is -0.459 e. The van der Waals surface area contributed by atoms with Crippen molar-refractivity contribution in [2.75, 3.05) is 0 Å². The number of hydrogen-bond donors (Lipinski definition) is 0. The van der Waals surface area contributed by atoms with Gasteiger partial charge in [0.1, 0.15) is 17.2 Å². The van der Waals surface area contributed by atoms with Crippen LogP contribution in [0.4, 0.5) is 0 Å². The standard InChI is InChI=1S/C13H26O.C12H24O2.C12H24O.C11H24/c1-11(2,3)10(14)9-13(7,8)12(4,5)6;1-10(2,3)9(13)14-12(7,8)11(4,5)6;1-10(2,3)9(13)12(7,8)11(4,5)6;1-9(2,3)11(7,8)10(4,5)6/h9H2,1-8H3;1-8H3;1-8H3;1-8H3. The lowest BCUT2D eigenvalue weighted by Gasteiger charge is -2.49. The summed E-state index contributed by atoms with van der Waals surface area (Å²) in [6.07, 6.45) is 0.667. The van der Waals surface area contributed by atoms with E-state index in [-0.39, 0.29) is 43.9 Å². The van der Waals surface area contributed by atoms with E-state index in [2.05, 4.69) is 132 Å². The number of rotatable bonds is 4. The van der Waals surface area contributed by atoms with Crippen LogP contribution < -0.4 is 0 Å². The molecule has 52 heavy (non-hydrogen) atoms. The Morgan fingerprint density at radius 1 is 0.365 bits per heavy atom. The molecule has 0 aliphatic rings. The molecule has 0 aliphatic carbocycles. The molecule has 0 rings (SSSR count). The Morgan fingerprint density at radius 3 is 0.808 bits per heavy atom. The van der Waals surface area contributed by atoms with Gasteiger partial charge >= 0.3 is 5.97 Å². The molecular weight excluding hydrogens is 641 g/mol. The van der Waals surface area contributed by atoms with Crippen molar-refractivity contribution in [3.8, 4) is 0 Å². The molecule has 4 nitrogen and oxygen atoms in total. The first-order valence-corrected chi connectivity index (χ1v) is 20.0. The first-order valence-electron chi connectivity index (χ1n) is 20.0. The lowest BCUT2D eigenvalue weighted by molar-refractivity contribution is -0.176. The van der Waals surface area contributed by atoms with Crippen LogP contribution in [0.5, 0.6) is 0 Å². The molecule has 314 valence electrons. The normalized spacial score (nSPS) is 14.5. The van der Waals surface area contributed by atoms with Crippen LogP contribution in [-0.2, 0) is 19.1 Å². The molecule has 0 aromatic carbocycles. The fourth-order valence-corrected chi connectivity index (χ4v) is 3.87. The van der Waals surface area contributed by atoms with Crippen molar-refractivity contribution < 1.29 is 19.1 Å². The largest absolute Gasteiger partial charge is 0.459 e. The average Bonchev–Trinajstić information content (AvgIpc) is 2.79. The Bertz CT molecular complexity index is 1050. The molecule has 0 aromatic rings. The Morgan fingerprint density at radius 2 is 0.673 bits per heavy atom. The van der Waals surface area contributed by atoms with Crippen LogP contribution in [-0.4, -0.2) is 23.1 Å². The number of carbonyl (C=O) groups is 3. The fourth-order valence-electron chi connectivity index (χ4n) is 3.87. The molecule has 0 unspecified atom stereocenters. The van der Waals surface area contributed by atoms with Crippen molar-refractivity contribution in [3.63, 3.8) is 0 Å². The van der Waals surface area contributed by atoms with Gasteiger partial charge in [0.15, 0.2) is 0 Å². The van der Waals surface area contributed by atoms with Crippen LogP contribution in [0.3, 0.4) is 0 Å². The van der Waals surface area contributed by atoms with Crippen LogP contribution in [0, 0.1) is 59.6 Å². The maximum absolute atomic E-state index is 12.1. The average molecular weight is 739 g/mol. The third-order valence-electron chi connectivity index (χ3n) is 13.1. The lowest BCUT2D eigenvalue weighted by Crippen LogP contribution is -2.43. The monoisotopic (exact) mass is 739 g/mol. The zero-order chi connectivity index (χ0) is 44.1. The third-order valence-corrected chi connectivity index (χ3v) is 13.1. The van der Waals surface area contributed by atoms with Gasteiger partial charge in [0, 0.05) is 28.1 Å². The molecule has 4 heteroatoms. The highest BCUT2D eigenvalue weighted by atomic mass is 16.6. The van der Waals surface area contributed by atoms with Crippen molar-refractivity contribution in [2.24, 2.45) is 59.6 Å². The van der Waals surface area contributed by atoms with E-state index in [0.29, 0.717) is 34.2 Å². The minimum atomic E-state index is -0.433. The molecule has 0 amide bonds. The second kappa shape index (κ2) is 17.7. The van der Waals surface area contributed by atoms with Crippen LogP contribution >= 0.6 is 0 Å². The van der Waals surface area contributed by atoms with Gasteiger partial charge in [-0.3, -0.25) is 14.4 Å². The summed E-state index contributed by atoms with van der Waals surface area (Å²) in [4.78, 5) is 35.8. The number of carbonyl (C=O) groups excluding carboxylic acids is 3. The van der Waals surface area contributed by atoms with Crippen LogP contribution in [0.15, 0.2) is 0 Å². The number of esters is 1. The molecule has 0 heterocycles. The summed E-state index contributed by atoms with van der Waals surface area (Å²) >= 11 is 0. The van der Waals surface area contributed by atoms with Gasteiger partial charge < -0.3 is 4.74 Å². The van der Waals surface area contributed by atoms with Gasteiger partial charge in [0.25, 0.3) is 0 Å². The number of Topliss-reactive ketones (excluding diaryl/α,β-unsaturated/α-hetero) is 2. The molecule has 0 aromatic heterocycles. The summed E-state index contributed by atoms with van der Waals surface area (Å²) in [6, 6.07) is 0. The predicted molar refractivity (Wildman–Crippen MR) is 232 cm³/mol. The number of ether oxygens (including phenoxy) is 1. The van der Waals surface area contributed by atoms with Crippen molar-refractivity contribution in [1.82, 2.24) is 0 Å². The van der Waals surface area contributed by atoms with E-state index in [1.54, 1.807) is 0 Å². The summed E-state index contributed by atoms with van der Waals surface area (Å²) in [7, 11) is 0. The van der Waals surface area contributed by atoms with Crippen LogP contribution in [0.1, 0.15) is 228 Å². The Hall–Kier alpha value is -1.19. The van der Waals surface area contributed by atoms with E-state index in [4.69, 9.17) is 4.74 Å². The molecule has 0 N–H and O–H groups in total. The molecule has 0 saturated heterocycles. The number of ketones is 2. The topological polar surface area (TPSA) is 60.4 Å². The summed E-state index contributed by atoms with van der Waals surface area (Å²) in [6.45, 7) is 67.7. The van der Waals surface area contributed by atoms with Crippen LogP contribution in [0.25, 0.3) is 0 Å². The van der Waals surface area contributed by atoms with E-state index in [0.717, 1.165) is 0 Å². The summed E-state index contributed by atoms with van der Waals surface area (Å²) in [5, 5.41) is 0. The SMILES string of the molecule is CC(C)(C)C(=O)C(C)(C)C(C)(C)C.CC(C)(C)C(=O)CC(C)(C)C(C)(C)C.CC(C)(C)C(=O)OC(C)(C)C(C)(C)C.CC(C)(C)C(C)(C)C(C)(C)C. The summed E-state index contributed by atoms with van der Waals surface area (Å²) < 4.78 is 5.53. The molecule has 0 bridgehead atoms. The quantitative estimate of drug-likeness (QED) is 0.269. The first kappa shape index (κ1) is 57.5. The molecule has 0 atom stereocenters. The van der Waals surface area contributed by atoms with Gasteiger partial charge in [-0.25, -0.2) is 0 Å². The fraction of sp³-hybridized carbons (Fsp3) is 0.938. The van der Waals surface area contributed by atoms with Gasteiger partial charge in [-0.2, -0.15) is 0 Å². The van der Waals surface area contributed by atoms with E-state index in [1.807, 2.05) is 90.0 Å². The molecular formula is C48H98O4. The van der Waals surface area contributed by atoms with Gasteiger partial charge in [-0.1, -0.05) is 187 Å². The van der Waals surface area contributed by atoms with Crippen molar-refractivity contribution >= 4 is 17.5 Å². The molecule has 0 fully saturated rings. The molecule has 0 spiro atoms. The van der Waals surface area contributed by atoms with Crippen molar-refractivity contribution in [1.29, 1.82) is 0 Å². The second-order valence-corrected chi connectivity index (χ2v) is 26.0. The van der Waals surface area contributed by atoms with E-state index in [1.165, 1.54) is 0 Å². The molecule has 0 radical (unpaired) electrons. The highest BCUT2D eigenvalue weighted by molar-refractivity contribution is 5.89. The van der Waals surface area contributed by atoms with Gasteiger partial charge in [-0.05, 0) is 67.1 Å². The van der Waals surface area contributed by atoms with Crippen molar-refractivity contribution in [2.45, 2.75) is 234 Å². The van der Waals surface area contributed by atoms with Gasteiger partial charge in [0.2, 0.25) is 0 Å². The molecule has 0 aliphatic heterocycles. The third kappa shape index (κ3) is 18.4. The Kier molecular flexibility index (Phi) is 19.6. The number of hydrogen-bond acceptors (Lipinski definition) is 4. The van der Waals surface area contributed by atoms with Gasteiger partial charge in [0.05, 0.1) is 5.41 Å². The Labute approximate surface area is 329 Å². The first-order chi connectivity index (χ1) is 21.7. The highest BCUT2D eigenvalue weighted by Gasteiger charge is 2.45. The van der Waals surface area contributed by atoms with Crippen LogP contribution in [0.2, 0.25) is 0 Å². The van der Waals surface area contributed by atoms with E-state index in [9.17, 15) is 14.4 Å². The zero-order valence-electron chi connectivity index (χ0n) is 41.8. The van der Waals surface area contributed by atoms with E-state index < -0.39 is 11.0 Å². The smallest absolute Gasteiger partial charge is 0.311 e. The van der Waals surface area contributed by atoms with E-state index >= 15 is 0 Å². The predicted octanol–water partition coefficient (Wildman–Crippen LogP) is 15.2. The summed E-state index contributed by atoms with van der Waals surface area (Å²) in [5.41, 5.74) is -0.211. The van der Waals surface area contributed by atoms with Gasteiger partial charge in [-0.15, -0.1) is 0 Å². The second-order valence-electron chi connectivity index (χ2n) is 26.0. The Balaban J connectivity index is -0.000000297. The lowest BCUT2D eigenvalue weighted by atomic mass is 9.56. The van der Waals surface area contributed by atoms with Crippen molar-refractivity contribution in [3.05, 3.63) is 0 Å². The maximum atomic E-state index is 12.1. The minimum absolute atomic E-state index is 0.0252. The highest BCUT2D eigenvalue weighted by Crippen LogP contribution is 2.50. The zero-order valence-corrected chi connectivity index (χ0v) is 41.8.